The summed E-state index contributed by atoms with van der Waals surface area (Å²) in [6.45, 7) is 0.474. The number of methoxy groups -OCH3 is 1. The van der Waals surface area contributed by atoms with E-state index in [1.54, 1.807) is 0 Å². The van der Waals surface area contributed by atoms with Gasteiger partial charge in [0.1, 0.15) is 11.9 Å². The minimum Gasteiger partial charge on any atom is -0.467 e. The molecule has 1 aliphatic heterocycles. The first-order valence-electron chi connectivity index (χ1n) is 5.89. The molecule has 1 aliphatic rings. The fourth-order valence-corrected chi connectivity index (χ4v) is 2.65. The summed E-state index contributed by atoms with van der Waals surface area (Å²) in [6.07, 6.45) is 1.31. The topological polar surface area (TPSA) is 46.6 Å². The van der Waals surface area contributed by atoms with Gasteiger partial charge >= 0.3 is 5.97 Å². The number of hydrogen-bond donors (Lipinski definition) is 0. The Balaban J connectivity index is 2.28. The highest BCUT2D eigenvalue weighted by Gasteiger charge is 2.36. The van der Waals surface area contributed by atoms with Gasteiger partial charge in [0.2, 0.25) is 0 Å². The first-order valence-corrected chi connectivity index (χ1v) is 6.68. The molecule has 0 aliphatic carbocycles. The van der Waals surface area contributed by atoms with Gasteiger partial charge < -0.3 is 9.64 Å². The van der Waals surface area contributed by atoms with Gasteiger partial charge in [-0.05, 0) is 40.9 Å². The van der Waals surface area contributed by atoms with Crippen LogP contribution in [-0.2, 0) is 9.53 Å². The molecular weight excluding hydrogens is 317 g/mol. The van der Waals surface area contributed by atoms with Crippen LogP contribution in [0.4, 0.5) is 4.39 Å². The van der Waals surface area contributed by atoms with Crippen molar-refractivity contribution in [3.63, 3.8) is 0 Å². The van der Waals surface area contributed by atoms with Crippen molar-refractivity contribution in [2.45, 2.75) is 18.9 Å². The summed E-state index contributed by atoms with van der Waals surface area (Å²) < 4.78 is 18.2. The Kier molecular flexibility index (Phi) is 4.19. The van der Waals surface area contributed by atoms with E-state index in [-0.39, 0.29) is 15.9 Å². The van der Waals surface area contributed by atoms with Crippen LogP contribution in [-0.4, -0.2) is 36.5 Å². The molecule has 1 fully saturated rings. The monoisotopic (exact) mass is 329 g/mol. The molecule has 0 spiro atoms. The highest BCUT2D eigenvalue weighted by atomic mass is 79.9. The molecule has 1 atom stereocenters. The lowest BCUT2D eigenvalue weighted by molar-refractivity contribution is -0.145. The van der Waals surface area contributed by atoms with Gasteiger partial charge in [-0.15, -0.1) is 0 Å². The number of benzene rings is 1. The van der Waals surface area contributed by atoms with Crippen molar-refractivity contribution < 1.29 is 18.7 Å². The third-order valence-electron chi connectivity index (χ3n) is 3.17. The Morgan fingerprint density at radius 2 is 2.21 bits per heavy atom. The van der Waals surface area contributed by atoms with Gasteiger partial charge in [0.05, 0.1) is 17.1 Å². The molecule has 1 heterocycles. The predicted molar refractivity (Wildman–Crippen MR) is 70.2 cm³/mol. The van der Waals surface area contributed by atoms with E-state index in [0.717, 1.165) is 6.42 Å². The summed E-state index contributed by atoms with van der Waals surface area (Å²) in [7, 11) is 1.29. The standard InChI is InChI=1S/C13H13BrFNO3/c1-19-13(18)10-6-3-7-16(10)12(17)8-4-2-5-9(15)11(8)14/h2,4-5,10H,3,6-7H2,1H3. The predicted octanol–water partition coefficient (Wildman–Crippen LogP) is 2.37. The Morgan fingerprint density at radius 3 is 2.89 bits per heavy atom. The van der Waals surface area contributed by atoms with Gasteiger partial charge in [0.25, 0.3) is 5.91 Å². The average Bonchev–Trinajstić information content (AvgIpc) is 2.89. The molecule has 0 radical (unpaired) electrons. The van der Waals surface area contributed by atoms with Crippen LogP contribution in [0.1, 0.15) is 23.2 Å². The van der Waals surface area contributed by atoms with Crippen molar-refractivity contribution in [2.75, 3.05) is 13.7 Å². The minimum atomic E-state index is -0.576. The number of carbonyl (C=O) groups is 2. The fourth-order valence-electron chi connectivity index (χ4n) is 2.21. The zero-order valence-corrected chi connectivity index (χ0v) is 11.9. The second-order valence-corrected chi connectivity index (χ2v) is 5.07. The molecule has 102 valence electrons. The summed E-state index contributed by atoms with van der Waals surface area (Å²) in [5.41, 5.74) is 0.218. The Hall–Kier alpha value is -1.43. The summed E-state index contributed by atoms with van der Waals surface area (Å²) in [5, 5.41) is 0. The highest BCUT2D eigenvalue weighted by molar-refractivity contribution is 9.10. The number of amides is 1. The van der Waals surface area contributed by atoms with E-state index in [1.807, 2.05) is 0 Å². The normalized spacial score (nSPS) is 18.5. The van der Waals surface area contributed by atoms with Crippen LogP contribution in [0.3, 0.4) is 0 Å². The van der Waals surface area contributed by atoms with Crippen LogP contribution in [0.5, 0.6) is 0 Å². The van der Waals surface area contributed by atoms with Gasteiger partial charge in [0, 0.05) is 6.54 Å². The SMILES string of the molecule is COC(=O)C1CCCN1C(=O)c1cccc(F)c1Br. The van der Waals surface area contributed by atoms with Gasteiger partial charge in [-0.2, -0.15) is 0 Å². The maximum Gasteiger partial charge on any atom is 0.328 e. The van der Waals surface area contributed by atoms with Crippen LogP contribution in [0, 0.1) is 5.82 Å². The molecule has 4 nitrogen and oxygen atoms in total. The molecule has 0 N–H and O–H groups in total. The lowest BCUT2D eigenvalue weighted by atomic mass is 10.1. The molecule has 1 aromatic rings. The molecule has 2 rings (SSSR count). The van der Waals surface area contributed by atoms with Crippen LogP contribution >= 0.6 is 15.9 Å². The maximum atomic E-state index is 13.4. The Bertz CT molecular complexity index is 521. The van der Waals surface area contributed by atoms with Crippen LogP contribution in [0.2, 0.25) is 0 Å². The quantitative estimate of drug-likeness (QED) is 0.782. The largest absolute Gasteiger partial charge is 0.467 e. The number of ether oxygens (including phenoxy) is 1. The molecule has 0 bridgehead atoms. The number of rotatable bonds is 2. The second kappa shape index (κ2) is 5.69. The van der Waals surface area contributed by atoms with E-state index < -0.39 is 17.8 Å². The zero-order valence-electron chi connectivity index (χ0n) is 10.4. The molecule has 1 unspecified atom stereocenters. The summed E-state index contributed by atoms with van der Waals surface area (Å²) in [5.74, 6) is -1.29. The number of halogens is 2. The molecule has 6 heteroatoms. The molecule has 1 aromatic carbocycles. The summed E-state index contributed by atoms with van der Waals surface area (Å²) >= 11 is 3.06. The van der Waals surface area contributed by atoms with E-state index in [4.69, 9.17) is 0 Å². The van der Waals surface area contributed by atoms with Crippen molar-refractivity contribution in [2.24, 2.45) is 0 Å². The number of hydrogen-bond acceptors (Lipinski definition) is 3. The lowest BCUT2D eigenvalue weighted by Crippen LogP contribution is -2.41. The molecular formula is C13H13BrFNO3. The van der Waals surface area contributed by atoms with E-state index >= 15 is 0 Å². The number of likely N-dealkylation sites (tertiary alicyclic amines) is 1. The van der Waals surface area contributed by atoms with Crippen molar-refractivity contribution in [3.8, 4) is 0 Å². The minimum absolute atomic E-state index is 0.121. The molecule has 0 aromatic heterocycles. The smallest absolute Gasteiger partial charge is 0.328 e. The zero-order chi connectivity index (χ0) is 14.0. The first kappa shape index (κ1) is 14.0. The van der Waals surface area contributed by atoms with Crippen LogP contribution in [0.15, 0.2) is 22.7 Å². The van der Waals surface area contributed by atoms with Gasteiger partial charge in [-0.25, -0.2) is 9.18 Å². The van der Waals surface area contributed by atoms with E-state index in [2.05, 4.69) is 20.7 Å². The van der Waals surface area contributed by atoms with Crippen molar-refractivity contribution in [1.82, 2.24) is 4.90 Å². The Labute approximate surface area is 118 Å². The molecule has 0 saturated carbocycles. The summed E-state index contributed by atoms with van der Waals surface area (Å²) in [6, 6.07) is 3.69. The first-order chi connectivity index (χ1) is 9.06. The van der Waals surface area contributed by atoms with Gasteiger partial charge in [0.15, 0.2) is 0 Å². The lowest BCUT2D eigenvalue weighted by Gasteiger charge is -2.23. The third kappa shape index (κ3) is 2.63. The summed E-state index contributed by atoms with van der Waals surface area (Å²) in [4.78, 5) is 25.4. The third-order valence-corrected chi connectivity index (χ3v) is 3.97. The molecule has 19 heavy (non-hydrogen) atoms. The van der Waals surface area contributed by atoms with Gasteiger partial charge in [-0.1, -0.05) is 6.07 Å². The number of nitrogens with zero attached hydrogens (tertiary/aromatic N) is 1. The van der Waals surface area contributed by atoms with E-state index in [0.29, 0.717) is 13.0 Å². The average molecular weight is 330 g/mol. The van der Waals surface area contributed by atoms with Crippen molar-refractivity contribution >= 4 is 27.8 Å². The van der Waals surface area contributed by atoms with Crippen molar-refractivity contribution in [1.29, 1.82) is 0 Å². The van der Waals surface area contributed by atoms with Crippen LogP contribution in [0.25, 0.3) is 0 Å². The Morgan fingerprint density at radius 1 is 1.47 bits per heavy atom. The number of esters is 1. The highest BCUT2D eigenvalue weighted by Crippen LogP contribution is 2.26. The van der Waals surface area contributed by atoms with E-state index in [9.17, 15) is 14.0 Å². The molecule has 1 saturated heterocycles. The maximum absolute atomic E-state index is 13.4. The van der Waals surface area contributed by atoms with Crippen molar-refractivity contribution in [3.05, 3.63) is 34.1 Å². The fraction of sp³-hybridized carbons (Fsp3) is 0.385. The van der Waals surface area contributed by atoms with Gasteiger partial charge in [-0.3, -0.25) is 4.79 Å². The number of carbonyl (C=O) groups excluding carboxylic acids is 2. The molecule has 1 amide bonds. The van der Waals surface area contributed by atoms with Crippen LogP contribution < -0.4 is 0 Å². The second-order valence-electron chi connectivity index (χ2n) is 4.28. The van der Waals surface area contributed by atoms with E-state index in [1.165, 1.54) is 30.2 Å².